The van der Waals surface area contributed by atoms with Gasteiger partial charge in [-0.3, -0.25) is 4.79 Å². The van der Waals surface area contributed by atoms with Crippen LogP contribution in [-0.4, -0.2) is 31.1 Å². The Labute approximate surface area is 113 Å². The van der Waals surface area contributed by atoms with Crippen molar-refractivity contribution in [2.75, 3.05) is 29.7 Å². The highest BCUT2D eigenvalue weighted by atomic mass is 35.5. The molecule has 0 aromatic heterocycles. The molecule has 0 aliphatic carbocycles. The van der Waals surface area contributed by atoms with Gasteiger partial charge in [-0.05, 0) is 11.6 Å². The summed E-state index contributed by atoms with van der Waals surface area (Å²) in [5, 5.41) is 0. The van der Waals surface area contributed by atoms with E-state index in [0.29, 0.717) is 11.8 Å². The number of hydrogen-bond donors (Lipinski definition) is 0. The van der Waals surface area contributed by atoms with E-state index in [9.17, 15) is 4.79 Å². The Bertz CT molecular complexity index is 351. The van der Waals surface area contributed by atoms with E-state index in [1.54, 1.807) is 0 Å². The van der Waals surface area contributed by atoms with Crippen molar-refractivity contribution < 1.29 is 4.79 Å². The second kappa shape index (κ2) is 7.57. The minimum atomic E-state index is -0.237. The Balaban J connectivity index is 3.03. The average Bonchev–Trinajstić information content (AvgIpc) is 2.37. The zero-order valence-electron chi connectivity index (χ0n) is 9.83. The van der Waals surface area contributed by atoms with Gasteiger partial charge in [0.1, 0.15) is 0 Å². The fraction of sp³-hybridized carbons (Fsp3) is 0.462. The van der Waals surface area contributed by atoms with Gasteiger partial charge < -0.3 is 4.90 Å². The number of halogens is 2. The Hall–Kier alpha value is -0.730. The van der Waals surface area contributed by atoms with Crippen molar-refractivity contribution in [2.45, 2.75) is 12.8 Å². The molecule has 93 valence electrons. The van der Waals surface area contributed by atoms with Crippen molar-refractivity contribution in [1.29, 1.82) is 0 Å². The van der Waals surface area contributed by atoms with Gasteiger partial charge in [0.25, 0.3) is 0 Å². The lowest BCUT2D eigenvalue weighted by atomic mass is 10.00. The number of nitrogens with zero attached hydrogens (tertiary/aromatic N) is 1. The molecular weight excluding hydrogens is 257 g/mol. The van der Waals surface area contributed by atoms with Crippen molar-refractivity contribution in [1.82, 2.24) is 0 Å². The first-order valence-electron chi connectivity index (χ1n) is 5.58. The van der Waals surface area contributed by atoms with Gasteiger partial charge in [0.2, 0.25) is 6.29 Å². The lowest BCUT2D eigenvalue weighted by Gasteiger charge is -2.26. The monoisotopic (exact) mass is 272 g/mol. The van der Waals surface area contributed by atoms with Crippen LogP contribution in [0.2, 0.25) is 0 Å². The van der Waals surface area contributed by atoms with Crippen LogP contribution in [0.1, 0.15) is 18.4 Å². The van der Waals surface area contributed by atoms with E-state index in [1.165, 1.54) is 0 Å². The van der Waals surface area contributed by atoms with Gasteiger partial charge in [0, 0.05) is 36.5 Å². The minimum Gasteiger partial charge on any atom is -0.369 e. The third kappa shape index (κ3) is 3.90. The molecule has 0 amide bonds. The van der Waals surface area contributed by atoms with E-state index in [1.807, 2.05) is 37.5 Å². The number of carbonyl (C=O) groups excluding carboxylic acids is 1. The molecule has 0 saturated heterocycles. The summed E-state index contributed by atoms with van der Waals surface area (Å²) in [6.45, 7) is 3.28. The first-order chi connectivity index (χ1) is 8.24. The molecule has 2 nitrogen and oxygen atoms in total. The van der Waals surface area contributed by atoms with Gasteiger partial charge in [-0.2, -0.15) is 0 Å². The zero-order valence-corrected chi connectivity index (χ0v) is 11.3. The third-order valence-corrected chi connectivity index (χ3v) is 2.97. The molecule has 1 aromatic carbocycles. The van der Waals surface area contributed by atoms with Crippen LogP contribution in [0.4, 0.5) is 5.69 Å². The number of rotatable bonds is 7. The van der Waals surface area contributed by atoms with Gasteiger partial charge in [-0.15, -0.1) is 23.2 Å². The van der Waals surface area contributed by atoms with Crippen molar-refractivity contribution >= 4 is 35.2 Å². The van der Waals surface area contributed by atoms with E-state index >= 15 is 0 Å². The third-order valence-electron chi connectivity index (χ3n) is 2.63. The normalized spacial score (nSPS) is 12.2. The summed E-state index contributed by atoms with van der Waals surface area (Å²) < 4.78 is 0. The maximum absolute atomic E-state index is 10.8. The van der Waals surface area contributed by atoms with Crippen LogP contribution in [0.25, 0.3) is 0 Å². The molecule has 0 fully saturated rings. The van der Waals surface area contributed by atoms with E-state index in [4.69, 9.17) is 23.2 Å². The Kier molecular flexibility index (Phi) is 6.38. The molecule has 0 aliphatic rings. The van der Waals surface area contributed by atoms with Crippen LogP contribution < -0.4 is 4.90 Å². The molecule has 0 spiro atoms. The van der Waals surface area contributed by atoms with E-state index in [0.717, 1.165) is 24.3 Å². The maximum Gasteiger partial charge on any atom is 0.206 e. The van der Waals surface area contributed by atoms with Crippen molar-refractivity contribution in [3.8, 4) is 0 Å². The molecule has 4 heteroatoms. The molecule has 0 bridgehead atoms. The molecule has 1 unspecified atom stereocenters. The molecule has 0 saturated carbocycles. The number of alkyl halides is 2. The lowest BCUT2D eigenvalue weighted by molar-refractivity contribution is 0.546. The number of anilines is 1. The second-order valence-corrected chi connectivity index (χ2v) is 4.52. The maximum atomic E-state index is 10.8. The van der Waals surface area contributed by atoms with Gasteiger partial charge >= 0.3 is 0 Å². The summed E-state index contributed by atoms with van der Waals surface area (Å²) in [6, 6.07) is 7.81. The Morgan fingerprint density at radius 2 is 1.82 bits per heavy atom. The lowest BCUT2D eigenvalue weighted by Crippen LogP contribution is -2.28. The first kappa shape index (κ1) is 14.3. The molecular formula is C13H16Cl2NO. The SMILES string of the molecule is CC([C]=O)c1ccccc1N(CCCl)CCCl. The van der Waals surface area contributed by atoms with Gasteiger partial charge in [-0.25, -0.2) is 0 Å². The summed E-state index contributed by atoms with van der Waals surface area (Å²) in [5.41, 5.74) is 1.99. The van der Waals surface area contributed by atoms with Crippen molar-refractivity contribution in [3.05, 3.63) is 29.8 Å². The number of benzene rings is 1. The fourth-order valence-electron chi connectivity index (χ4n) is 1.76. The van der Waals surface area contributed by atoms with Crippen LogP contribution in [-0.2, 0) is 4.79 Å². The van der Waals surface area contributed by atoms with Crippen molar-refractivity contribution in [3.63, 3.8) is 0 Å². The Morgan fingerprint density at radius 3 is 2.35 bits per heavy atom. The minimum absolute atomic E-state index is 0.237. The molecule has 1 radical (unpaired) electrons. The molecule has 1 aromatic rings. The van der Waals surface area contributed by atoms with Gasteiger partial charge in [0.05, 0.1) is 0 Å². The molecule has 0 aliphatic heterocycles. The summed E-state index contributed by atoms with van der Waals surface area (Å²) in [5.74, 6) is 0.828. The highest BCUT2D eigenvalue weighted by molar-refractivity contribution is 6.18. The summed E-state index contributed by atoms with van der Waals surface area (Å²) in [7, 11) is 0. The van der Waals surface area contributed by atoms with Crippen LogP contribution in [0.15, 0.2) is 24.3 Å². The van der Waals surface area contributed by atoms with E-state index in [2.05, 4.69) is 4.90 Å². The van der Waals surface area contributed by atoms with Gasteiger partial charge in [0.15, 0.2) is 0 Å². The van der Waals surface area contributed by atoms with Crippen LogP contribution in [0.5, 0.6) is 0 Å². The molecule has 0 heterocycles. The predicted octanol–water partition coefficient (Wildman–Crippen LogP) is 3.18. The molecule has 17 heavy (non-hydrogen) atoms. The predicted molar refractivity (Wildman–Crippen MR) is 74.2 cm³/mol. The second-order valence-electron chi connectivity index (χ2n) is 3.76. The first-order valence-corrected chi connectivity index (χ1v) is 6.65. The molecule has 0 N–H and O–H groups in total. The summed E-state index contributed by atoms with van der Waals surface area (Å²) in [4.78, 5) is 12.9. The van der Waals surface area contributed by atoms with Crippen LogP contribution >= 0.6 is 23.2 Å². The zero-order chi connectivity index (χ0) is 12.7. The molecule has 1 rings (SSSR count). The quantitative estimate of drug-likeness (QED) is 0.711. The van der Waals surface area contributed by atoms with Crippen LogP contribution in [0, 0.1) is 0 Å². The summed E-state index contributed by atoms with van der Waals surface area (Å²) in [6.07, 6.45) is 2.02. The van der Waals surface area contributed by atoms with Crippen LogP contribution in [0.3, 0.4) is 0 Å². The standard InChI is InChI=1S/C13H16Cl2NO/c1-11(10-17)12-4-2-3-5-13(12)16(8-6-14)9-7-15/h2-5,11H,6-9H2,1H3. The topological polar surface area (TPSA) is 20.3 Å². The molecule has 1 atom stereocenters. The average molecular weight is 273 g/mol. The number of hydrogen-bond acceptors (Lipinski definition) is 2. The van der Waals surface area contributed by atoms with Gasteiger partial charge in [-0.1, -0.05) is 25.1 Å². The van der Waals surface area contributed by atoms with Crippen molar-refractivity contribution in [2.24, 2.45) is 0 Å². The largest absolute Gasteiger partial charge is 0.369 e. The summed E-state index contributed by atoms with van der Waals surface area (Å²) >= 11 is 11.6. The smallest absolute Gasteiger partial charge is 0.206 e. The highest BCUT2D eigenvalue weighted by Crippen LogP contribution is 2.26. The Morgan fingerprint density at radius 1 is 1.24 bits per heavy atom. The highest BCUT2D eigenvalue weighted by Gasteiger charge is 2.14. The fourth-order valence-corrected chi connectivity index (χ4v) is 2.17. The number of para-hydroxylation sites is 1. The van der Waals surface area contributed by atoms with E-state index < -0.39 is 0 Å². The van der Waals surface area contributed by atoms with E-state index in [-0.39, 0.29) is 5.92 Å².